The number of amides is 2. The summed E-state index contributed by atoms with van der Waals surface area (Å²) in [6.45, 7) is 0.567. The van der Waals surface area contributed by atoms with Gasteiger partial charge in [-0.3, -0.25) is 9.59 Å². The minimum atomic E-state index is -0.458. The lowest BCUT2D eigenvalue weighted by atomic mass is 10.1. The number of halogens is 1. The normalized spacial score (nSPS) is 28.2. The zero-order chi connectivity index (χ0) is 15.7. The second-order valence-electron chi connectivity index (χ2n) is 6.06. The van der Waals surface area contributed by atoms with Gasteiger partial charge < -0.3 is 16.0 Å². The Balaban J connectivity index is 1.64. The molecule has 1 saturated heterocycles. The van der Waals surface area contributed by atoms with Crippen molar-refractivity contribution in [1.29, 1.82) is 0 Å². The molecule has 1 saturated carbocycles. The second kappa shape index (κ2) is 6.26. The Bertz CT molecular complexity index is 593. The Morgan fingerprint density at radius 2 is 2.05 bits per heavy atom. The molecule has 3 rings (SSSR count). The molecular weight excluding hydrogens is 302 g/mol. The molecule has 1 aliphatic carbocycles. The fraction of sp³-hybridized carbons (Fsp3) is 0.500. The summed E-state index contributed by atoms with van der Waals surface area (Å²) in [5.74, 6) is -0.201. The van der Waals surface area contributed by atoms with Gasteiger partial charge >= 0.3 is 0 Å². The van der Waals surface area contributed by atoms with E-state index in [0.717, 1.165) is 12.8 Å². The van der Waals surface area contributed by atoms with Crippen LogP contribution in [0, 0.1) is 5.92 Å². The third-order valence-corrected chi connectivity index (χ3v) is 4.83. The van der Waals surface area contributed by atoms with Gasteiger partial charge in [-0.2, -0.15) is 0 Å². The van der Waals surface area contributed by atoms with Crippen LogP contribution in [-0.4, -0.2) is 30.4 Å². The molecule has 2 aliphatic rings. The number of anilines is 1. The quantitative estimate of drug-likeness (QED) is 0.889. The summed E-state index contributed by atoms with van der Waals surface area (Å²) in [7, 11) is 0. The molecule has 118 valence electrons. The van der Waals surface area contributed by atoms with Crippen LogP contribution in [0.1, 0.15) is 25.7 Å². The van der Waals surface area contributed by atoms with Crippen LogP contribution in [0.3, 0.4) is 0 Å². The molecule has 3 atom stereocenters. The van der Waals surface area contributed by atoms with Crippen LogP contribution in [0.15, 0.2) is 24.3 Å². The van der Waals surface area contributed by atoms with Gasteiger partial charge in [-0.15, -0.1) is 0 Å². The van der Waals surface area contributed by atoms with E-state index in [1.165, 1.54) is 0 Å². The molecule has 2 amide bonds. The highest BCUT2D eigenvalue weighted by atomic mass is 35.5. The van der Waals surface area contributed by atoms with E-state index in [0.29, 0.717) is 30.1 Å². The number of carbonyl (C=O) groups excluding carboxylic acids is 2. The molecule has 6 heteroatoms. The van der Waals surface area contributed by atoms with Crippen molar-refractivity contribution in [2.75, 3.05) is 11.4 Å². The highest BCUT2D eigenvalue weighted by molar-refractivity contribution is 6.34. The van der Waals surface area contributed by atoms with E-state index in [-0.39, 0.29) is 23.8 Å². The molecule has 3 N–H and O–H groups in total. The molecule has 0 radical (unpaired) electrons. The minimum absolute atomic E-state index is 0.0488. The molecular formula is C16H20ClN3O2. The number of nitrogens with two attached hydrogens (primary N) is 1. The molecule has 0 aromatic heterocycles. The number of hydrogen-bond donors (Lipinski definition) is 2. The number of nitrogens with one attached hydrogen (secondary N) is 1. The predicted molar refractivity (Wildman–Crippen MR) is 85.7 cm³/mol. The number of hydrogen-bond acceptors (Lipinski definition) is 3. The third-order valence-electron chi connectivity index (χ3n) is 4.51. The van der Waals surface area contributed by atoms with E-state index >= 15 is 0 Å². The molecule has 0 spiro atoms. The molecule has 1 aromatic rings. The van der Waals surface area contributed by atoms with Crippen LogP contribution in [0.4, 0.5) is 5.69 Å². The summed E-state index contributed by atoms with van der Waals surface area (Å²) < 4.78 is 0. The molecule has 0 bridgehead atoms. The van der Waals surface area contributed by atoms with Gasteiger partial charge in [-0.1, -0.05) is 23.7 Å². The van der Waals surface area contributed by atoms with Gasteiger partial charge in [0.25, 0.3) is 0 Å². The molecule has 1 heterocycles. The Kier molecular flexibility index (Phi) is 4.36. The first-order valence-electron chi connectivity index (χ1n) is 7.68. The first-order valence-corrected chi connectivity index (χ1v) is 8.06. The number of para-hydroxylation sites is 1. The third kappa shape index (κ3) is 2.96. The average molecular weight is 322 g/mol. The van der Waals surface area contributed by atoms with Gasteiger partial charge in [0.15, 0.2) is 0 Å². The zero-order valence-corrected chi connectivity index (χ0v) is 13.1. The monoisotopic (exact) mass is 321 g/mol. The average Bonchev–Trinajstić information content (AvgIpc) is 3.07. The standard InChI is InChI=1S/C16H20ClN3O2/c17-12-3-1-2-4-14(12)20-8-7-13(16(20)22)19-15(21)10-5-6-11(18)9-10/h1-4,10-11,13H,5-9,18H2,(H,19,21)/t10-,11-,13-/m1/s1. The van der Waals surface area contributed by atoms with Gasteiger partial charge in [-0.25, -0.2) is 0 Å². The predicted octanol–water partition coefficient (Wildman–Crippen LogP) is 1.69. The summed E-state index contributed by atoms with van der Waals surface area (Å²) in [6.07, 6.45) is 3.00. The maximum absolute atomic E-state index is 12.5. The highest BCUT2D eigenvalue weighted by Gasteiger charge is 2.36. The molecule has 1 aliphatic heterocycles. The maximum Gasteiger partial charge on any atom is 0.249 e. The second-order valence-corrected chi connectivity index (χ2v) is 6.47. The van der Waals surface area contributed by atoms with Crippen LogP contribution in [0.2, 0.25) is 5.02 Å². The van der Waals surface area contributed by atoms with Crippen molar-refractivity contribution in [3.05, 3.63) is 29.3 Å². The minimum Gasteiger partial charge on any atom is -0.344 e. The van der Waals surface area contributed by atoms with Crippen molar-refractivity contribution >= 4 is 29.1 Å². The van der Waals surface area contributed by atoms with E-state index in [4.69, 9.17) is 17.3 Å². The Morgan fingerprint density at radius 3 is 2.73 bits per heavy atom. The maximum atomic E-state index is 12.5. The summed E-state index contributed by atoms with van der Waals surface area (Å²) in [6, 6.07) is 6.90. The van der Waals surface area contributed by atoms with Crippen LogP contribution >= 0.6 is 11.6 Å². The fourth-order valence-corrected chi connectivity index (χ4v) is 3.51. The lowest BCUT2D eigenvalue weighted by Crippen LogP contribution is -2.43. The summed E-state index contributed by atoms with van der Waals surface area (Å²) in [4.78, 5) is 26.4. The first kappa shape index (κ1) is 15.3. The fourth-order valence-electron chi connectivity index (χ4n) is 3.27. The van der Waals surface area contributed by atoms with Crippen molar-refractivity contribution in [3.8, 4) is 0 Å². The molecule has 1 aromatic carbocycles. The summed E-state index contributed by atoms with van der Waals surface area (Å²) >= 11 is 6.15. The smallest absolute Gasteiger partial charge is 0.249 e. The molecule has 5 nitrogen and oxygen atoms in total. The van der Waals surface area contributed by atoms with E-state index < -0.39 is 6.04 Å². The van der Waals surface area contributed by atoms with Crippen molar-refractivity contribution in [2.24, 2.45) is 11.7 Å². The van der Waals surface area contributed by atoms with Crippen LogP contribution < -0.4 is 16.0 Å². The van der Waals surface area contributed by atoms with E-state index in [2.05, 4.69) is 5.32 Å². The van der Waals surface area contributed by atoms with Gasteiger partial charge in [-0.05, 0) is 37.8 Å². The lowest BCUT2D eigenvalue weighted by molar-refractivity contribution is -0.129. The van der Waals surface area contributed by atoms with Crippen molar-refractivity contribution in [2.45, 2.75) is 37.8 Å². The zero-order valence-electron chi connectivity index (χ0n) is 12.3. The number of nitrogens with zero attached hydrogens (tertiary/aromatic N) is 1. The van der Waals surface area contributed by atoms with Crippen LogP contribution in [0.25, 0.3) is 0 Å². The highest BCUT2D eigenvalue weighted by Crippen LogP contribution is 2.29. The van der Waals surface area contributed by atoms with Crippen molar-refractivity contribution in [1.82, 2.24) is 5.32 Å². The lowest BCUT2D eigenvalue weighted by Gasteiger charge is -2.19. The Morgan fingerprint density at radius 1 is 1.27 bits per heavy atom. The van der Waals surface area contributed by atoms with E-state index in [1.807, 2.05) is 18.2 Å². The largest absolute Gasteiger partial charge is 0.344 e. The molecule has 0 unspecified atom stereocenters. The van der Waals surface area contributed by atoms with Crippen molar-refractivity contribution < 1.29 is 9.59 Å². The SMILES string of the molecule is N[C@@H]1CC[C@@H](C(=O)N[C@@H]2CCN(c3ccccc3Cl)C2=O)C1. The van der Waals surface area contributed by atoms with E-state index in [9.17, 15) is 9.59 Å². The van der Waals surface area contributed by atoms with Gasteiger partial charge in [0.2, 0.25) is 11.8 Å². The van der Waals surface area contributed by atoms with Crippen molar-refractivity contribution in [3.63, 3.8) is 0 Å². The Labute approximate surface area is 134 Å². The van der Waals surface area contributed by atoms with Gasteiger partial charge in [0.1, 0.15) is 6.04 Å². The summed E-state index contributed by atoms with van der Waals surface area (Å²) in [5, 5.41) is 3.43. The van der Waals surface area contributed by atoms with Gasteiger partial charge in [0, 0.05) is 18.5 Å². The van der Waals surface area contributed by atoms with Crippen LogP contribution in [-0.2, 0) is 9.59 Å². The number of benzene rings is 1. The number of rotatable bonds is 3. The molecule has 2 fully saturated rings. The van der Waals surface area contributed by atoms with Crippen LogP contribution in [0.5, 0.6) is 0 Å². The van der Waals surface area contributed by atoms with E-state index in [1.54, 1.807) is 11.0 Å². The topological polar surface area (TPSA) is 75.4 Å². The molecule has 22 heavy (non-hydrogen) atoms. The first-order chi connectivity index (χ1) is 10.6. The van der Waals surface area contributed by atoms with Gasteiger partial charge in [0.05, 0.1) is 10.7 Å². The number of carbonyl (C=O) groups is 2. The Hall–Kier alpha value is -1.59. The summed E-state index contributed by atoms with van der Waals surface area (Å²) in [5.41, 5.74) is 6.55.